The van der Waals surface area contributed by atoms with Crippen molar-refractivity contribution in [2.75, 3.05) is 4.90 Å². The standard InChI is InChI=1S/C21H16ClNO3/c22-16-11-14(8-9-17(16)26-15-4-2-1-3-5-15)23-20(24)18-12-6-7-13(10-12)19(18)21(23)25/h1-9,11-13,18-19H,10H2. The van der Waals surface area contributed by atoms with Crippen LogP contribution in [0, 0.1) is 23.7 Å². The fraction of sp³-hybridized carbons (Fsp3) is 0.238. The van der Waals surface area contributed by atoms with Gasteiger partial charge in [-0.1, -0.05) is 42.0 Å². The van der Waals surface area contributed by atoms with Crippen LogP contribution < -0.4 is 9.64 Å². The number of carbonyl (C=O) groups excluding carboxylic acids is 2. The number of halogens is 1. The number of carbonyl (C=O) groups is 2. The Balaban J connectivity index is 1.44. The highest BCUT2D eigenvalue weighted by Crippen LogP contribution is 2.53. The van der Waals surface area contributed by atoms with Gasteiger partial charge in [0, 0.05) is 0 Å². The van der Waals surface area contributed by atoms with Crippen molar-refractivity contribution in [1.82, 2.24) is 0 Å². The summed E-state index contributed by atoms with van der Waals surface area (Å²) in [4.78, 5) is 27.0. The molecule has 3 aliphatic rings. The van der Waals surface area contributed by atoms with Gasteiger partial charge in [-0.15, -0.1) is 0 Å². The number of hydrogen-bond acceptors (Lipinski definition) is 3. The van der Waals surface area contributed by atoms with Crippen LogP contribution in [0.3, 0.4) is 0 Å². The minimum absolute atomic E-state index is 0.107. The van der Waals surface area contributed by atoms with E-state index in [0.717, 1.165) is 6.42 Å². The summed E-state index contributed by atoms with van der Waals surface area (Å²) in [5.41, 5.74) is 0.513. The number of nitrogens with zero attached hydrogens (tertiary/aromatic N) is 1. The number of rotatable bonds is 3. The lowest BCUT2D eigenvalue weighted by atomic mass is 9.85. The van der Waals surface area contributed by atoms with Gasteiger partial charge in [0.15, 0.2) is 0 Å². The third kappa shape index (κ3) is 2.22. The number of ether oxygens (including phenoxy) is 1. The summed E-state index contributed by atoms with van der Waals surface area (Å²) in [5.74, 6) is 0.919. The van der Waals surface area contributed by atoms with Gasteiger partial charge in [-0.3, -0.25) is 9.59 Å². The fourth-order valence-corrected chi connectivity index (χ4v) is 4.70. The van der Waals surface area contributed by atoms with Crippen molar-refractivity contribution in [3.05, 3.63) is 65.7 Å². The molecule has 0 radical (unpaired) electrons. The number of fused-ring (bicyclic) bond motifs is 5. The number of hydrogen-bond donors (Lipinski definition) is 0. The Kier molecular flexibility index (Phi) is 3.44. The molecule has 2 fully saturated rings. The second kappa shape index (κ2) is 5.71. The second-order valence-corrected chi connectivity index (χ2v) is 7.45. The fourth-order valence-electron chi connectivity index (χ4n) is 4.48. The highest BCUT2D eigenvalue weighted by Gasteiger charge is 2.59. The molecule has 1 saturated heterocycles. The number of benzene rings is 2. The minimum Gasteiger partial charge on any atom is -0.456 e. The van der Waals surface area contributed by atoms with Gasteiger partial charge in [0.05, 0.1) is 22.5 Å². The maximum absolute atomic E-state index is 12.9. The molecule has 4 unspecified atom stereocenters. The summed E-state index contributed by atoms with van der Waals surface area (Å²) >= 11 is 6.36. The lowest BCUT2D eigenvalue weighted by Crippen LogP contribution is -2.32. The van der Waals surface area contributed by atoms with E-state index in [2.05, 4.69) is 12.2 Å². The van der Waals surface area contributed by atoms with E-state index in [1.54, 1.807) is 18.2 Å². The quantitative estimate of drug-likeness (QED) is 0.596. The Labute approximate surface area is 156 Å². The molecule has 130 valence electrons. The SMILES string of the molecule is O=C1C2C3C=CC(C3)C2C(=O)N1c1ccc(Oc2ccccc2)c(Cl)c1. The molecule has 2 aliphatic carbocycles. The van der Waals surface area contributed by atoms with E-state index in [4.69, 9.17) is 16.3 Å². The van der Waals surface area contributed by atoms with E-state index < -0.39 is 0 Å². The minimum atomic E-state index is -0.212. The highest BCUT2D eigenvalue weighted by atomic mass is 35.5. The van der Waals surface area contributed by atoms with Crippen LogP contribution in [0.15, 0.2) is 60.7 Å². The van der Waals surface area contributed by atoms with Crippen molar-refractivity contribution < 1.29 is 14.3 Å². The van der Waals surface area contributed by atoms with Crippen molar-refractivity contribution in [3.63, 3.8) is 0 Å². The van der Waals surface area contributed by atoms with E-state index >= 15 is 0 Å². The van der Waals surface area contributed by atoms with E-state index in [9.17, 15) is 9.59 Å². The first-order valence-corrected chi connectivity index (χ1v) is 9.10. The molecule has 5 heteroatoms. The van der Waals surface area contributed by atoms with Crippen LogP contribution in [0.25, 0.3) is 0 Å². The summed E-state index contributed by atoms with van der Waals surface area (Å²) in [6.45, 7) is 0. The Bertz CT molecular complexity index is 910. The first kappa shape index (κ1) is 15.6. The Morgan fingerprint density at radius 3 is 2.19 bits per heavy atom. The number of imide groups is 1. The van der Waals surface area contributed by atoms with Crippen LogP contribution >= 0.6 is 11.6 Å². The molecule has 26 heavy (non-hydrogen) atoms. The average molecular weight is 366 g/mol. The summed E-state index contributed by atoms with van der Waals surface area (Å²) < 4.78 is 5.77. The lowest BCUT2D eigenvalue weighted by Gasteiger charge is -2.18. The van der Waals surface area contributed by atoms with Gasteiger partial charge in [-0.2, -0.15) is 0 Å². The van der Waals surface area contributed by atoms with Gasteiger partial charge >= 0.3 is 0 Å². The Hall–Kier alpha value is -2.59. The van der Waals surface area contributed by atoms with E-state index in [0.29, 0.717) is 22.2 Å². The lowest BCUT2D eigenvalue weighted by molar-refractivity contribution is -0.123. The number of para-hydroxylation sites is 1. The average Bonchev–Trinajstić information content (AvgIpc) is 3.32. The summed E-state index contributed by atoms with van der Waals surface area (Å²) in [7, 11) is 0. The number of amides is 2. The molecule has 0 aromatic heterocycles. The van der Waals surface area contributed by atoms with Gasteiger partial charge in [0.25, 0.3) is 0 Å². The first-order chi connectivity index (χ1) is 12.6. The van der Waals surface area contributed by atoms with E-state index in [-0.39, 0.29) is 35.5 Å². The molecule has 0 spiro atoms. The molecule has 2 aromatic carbocycles. The van der Waals surface area contributed by atoms with Gasteiger partial charge < -0.3 is 4.74 Å². The smallest absolute Gasteiger partial charge is 0.238 e. The van der Waals surface area contributed by atoms with Gasteiger partial charge in [-0.05, 0) is 48.6 Å². The topological polar surface area (TPSA) is 46.6 Å². The van der Waals surface area contributed by atoms with Crippen molar-refractivity contribution in [1.29, 1.82) is 0 Å². The summed E-state index contributed by atoms with van der Waals surface area (Å²) in [6.07, 6.45) is 5.10. The third-order valence-corrected chi connectivity index (χ3v) is 5.91. The molecular formula is C21H16ClNO3. The number of anilines is 1. The van der Waals surface area contributed by atoms with Crippen LogP contribution in [0.4, 0.5) is 5.69 Å². The summed E-state index contributed by atoms with van der Waals surface area (Å²) in [6, 6.07) is 14.4. The van der Waals surface area contributed by atoms with Crippen molar-refractivity contribution in [3.8, 4) is 11.5 Å². The van der Waals surface area contributed by atoms with Crippen molar-refractivity contribution in [2.45, 2.75) is 6.42 Å². The normalized spacial score (nSPS) is 28.7. The molecule has 4 nitrogen and oxygen atoms in total. The maximum atomic E-state index is 12.9. The largest absolute Gasteiger partial charge is 0.456 e. The van der Waals surface area contributed by atoms with Gasteiger partial charge in [-0.25, -0.2) is 4.90 Å². The molecule has 2 amide bonds. The van der Waals surface area contributed by atoms with Crippen LogP contribution in [-0.4, -0.2) is 11.8 Å². The Morgan fingerprint density at radius 2 is 1.58 bits per heavy atom. The molecule has 4 atom stereocenters. The molecule has 2 aromatic rings. The zero-order valence-electron chi connectivity index (χ0n) is 13.8. The zero-order valence-corrected chi connectivity index (χ0v) is 14.6. The molecule has 1 aliphatic heterocycles. The van der Waals surface area contributed by atoms with Crippen molar-refractivity contribution in [2.24, 2.45) is 23.7 Å². The van der Waals surface area contributed by atoms with Gasteiger partial charge in [0.1, 0.15) is 11.5 Å². The third-order valence-electron chi connectivity index (χ3n) is 5.62. The van der Waals surface area contributed by atoms with E-state index in [1.807, 2.05) is 30.3 Å². The van der Waals surface area contributed by atoms with E-state index in [1.165, 1.54) is 4.90 Å². The van der Waals surface area contributed by atoms with Crippen LogP contribution in [0.5, 0.6) is 11.5 Å². The highest BCUT2D eigenvalue weighted by molar-refractivity contribution is 6.33. The van der Waals surface area contributed by atoms with Crippen LogP contribution in [-0.2, 0) is 9.59 Å². The molecule has 5 rings (SSSR count). The van der Waals surface area contributed by atoms with Crippen LogP contribution in [0.1, 0.15) is 6.42 Å². The number of allylic oxidation sites excluding steroid dienone is 2. The Morgan fingerprint density at radius 1 is 0.923 bits per heavy atom. The molecule has 1 heterocycles. The molecular weight excluding hydrogens is 350 g/mol. The predicted octanol–water partition coefficient (Wildman–Crippen LogP) is 4.44. The zero-order chi connectivity index (χ0) is 17.8. The maximum Gasteiger partial charge on any atom is 0.238 e. The predicted molar refractivity (Wildman–Crippen MR) is 98.2 cm³/mol. The molecule has 2 bridgehead atoms. The second-order valence-electron chi connectivity index (χ2n) is 7.04. The van der Waals surface area contributed by atoms with Crippen molar-refractivity contribution >= 4 is 29.1 Å². The summed E-state index contributed by atoms with van der Waals surface area (Å²) in [5, 5.41) is 0.366. The van der Waals surface area contributed by atoms with Crippen LogP contribution in [0.2, 0.25) is 5.02 Å². The van der Waals surface area contributed by atoms with Gasteiger partial charge in [0.2, 0.25) is 11.8 Å². The molecule has 1 saturated carbocycles. The first-order valence-electron chi connectivity index (χ1n) is 8.72. The monoisotopic (exact) mass is 365 g/mol. The molecule has 0 N–H and O–H groups in total.